The van der Waals surface area contributed by atoms with Crippen molar-refractivity contribution in [1.29, 1.82) is 0 Å². The van der Waals surface area contributed by atoms with Gasteiger partial charge in [-0.15, -0.1) is 0 Å². The number of hydrogen-bond acceptors (Lipinski definition) is 4. The summed E-state index contributed by atoms with van der Waals surface area (Å²) in [6, 6.07) is 0.422. The third-order valence-corrected chi connectivity index (χ3v) is 3.96. The van der Waals surface area contributed by atoms with Crippen LogP contribution in [0.1, 0.15) is 24.1 Å². The van der Waals surface area contributed by atoms with Gasteiger partial charge in [0.25, 0.3) is 0 Å². The van der Waals surface area contributed by atoms with Crippen molar-refractivity contribution in [3.05, 3.63) is 11.3 Å². The zero-order valence-electron chi connectivity index (χ0n) is 13.2. The van der Waals surface area contributed by atoms with Gasteiger partial charge < -0.3 is 10.1 Å². The quantitative estimate of drug-likeness (QED) is 0.899. The number of piperidine rings is 1. The second-order valence-corrected chi connectivity index (χ2v) is 5.76. The fraction of sp³-hybridized carbons (Fsp3) is 0.786. The molecule has 1 aromatic heterocycles. The lowest BCUT2D eigenvalue weighted by molar-refractivity contribution is -0.154. The molecule has 8 heteroatoms. The number of ether oxygens (including phenoxy) is 1. The normalized spacial score (nSPS) is 20.4. The first-order valence-corrected chi connectivity index (χ1v) is 7.42. The number of likely N-dealkylation sites (N-methyl/N-ethyl adjacent to an activating group) is 1. The molecule has 1 saturated heterocycles. The molecule has 2 heterocycles. The predicted molar refractivity (Wildman–Crippen MR) is 76.9 cm³/mol. The van der Waals surface area contributed by atoms with Crippen LogP contribution in [0.5, 0.6) is 5.88 Å². The number of nitrogens with one attached hydrogen (secondary N) is 1. The number of aromatic nitrogens is 2. The fourth-order valence-electron chi connectivity index (χ4n) is 2.85. The average Bonchev–Trinajstić information content (AvgIpc) is 2.70. The molecule has 0 aliphatic carbocycles. The standard InChI is InChI=1S/C14H23F3N4O/c1-10-12(8-21-6-4-5-11(7-21)18-2)13(20(3)19-10)22-9-14(15,16)17/h11,18H,4-9H2,1-3H3. The van der Waals surface area contributed by atoms with E-state index in [1.165, 1.54) is 4.68 Å². The van der Waals surface area contributed by atoms with Gasteiger partial charge in [-0.2, -0.15) is 18.3 Å². The molecule has 126 valence electrons. The van der Waals surface area contributed by atoms with E-state index in [9.17, 15) is 13.2 Å². The maximum absolute atomic E-state index is 12.4. The monoisotopic (exact) mass is 320 g/mol. The van der Waals surface area contributed by atoms with E-state index in [-0.39, 0.29) is 5.88 Å². The number of nitrogens with zero attached hydrogens (tertiary/aromatic N) is 3. The third-order valence-electron chi connectivity index (χ3n) is 3.96. The maximum Gasteiger partial charge on any atom is 0.422 e. The van der Waals surface area contributed by atoms with Crippen LogP contribution in [0.4, 0.5) is 13.2 Å². The van der Waals surface area contributed by atoms with E-state index in [1.807, 2.05) is 7.05 Å². The Morgan fingerprint density at radius 2 is 2.14 bits per heavy atom. The first kappa shape index (κ1) is 17.1. The molecule has 0 aromatic carbocycles. The Balaban J connectivity index is 2.09. The van der Waals surface area contributed by atoms with Crippen molar-refractivity contribution >= 4 is 0 Å². The number of likely N-dealkylation sites (tertiary alicyclic amines) is 1. The number of halogens is 3. The van der Waals surface area contributed by atoms with Crippen molar-refractivity contribution in [2.75, 3.05) is 26.7 Å². The largest absolute Gasteiger partial charge is 0.468 e. The Kier molecular flexibility index (Phi) is 5.33. The van der Waals surface area contributed by atoms with Crippen LogP contribution in [-0.4, -0.2) is 53.6 Å². The highest BCUT2D eigenvalue weighted by atomic mass is 19.4. The zero-order valence-corrected chi connectivity index (χ0v) is 13.2. The highest BCUT2D eigenvalue weighted by molar-refractivity contribution is 5.31. The van der Waals surface area contributed by atoms with E-state index in [0.29, 0.717) is 18.3 Å². The summed E-state index contributed by atoms with van der Waals surface area (Å²) < 4.78 is 43.5. The average molecular weight is 320 g/mol. The van der Waals surface area contributed by atoms with Crippen LogP contribution in [0.15, 0.2) is 0 Å². The summed E-state index contributed by atoms with van der Waals surface area (Å²) in [6.07, 6.45) is -2.15. The van der Waals surface area contributed by atoms with E-state index in [4.69, 9.17) is 4.74 Å². The molecule has 1 aliphatic rings. The van der Waals surface area contributed by atoms with E-state index >= 15 is 0 Å². The number of aryl methyl sites for hydroxylation is 2. The van der Waals surface area contributed by atoms with Crippen molar-refractivity contribution < 1.29 is 17.9 Å². The van der Waals surface area contributed by atoms with Crippen LogP contribution in [0.3, 0.4) is 0 Å². The summed E-state index contributed by atoms with van der Waals surface area (Å²) in [4.78, 5) is 2.23. The Labute approximate surface area is 128 Å². The summed E-state index contributed by atoms with van der Waals surface area (Å²) in [5.74, 6) is 0.210. The molecule has 5 nitrogen and oxygen atoms in total. The fourth-order valence-corrected chi connectivity index (χ4v) is 2.85. The lowest BCUT2D eigenvalue weighted by atomic mass is 10.1. The van der Waals surface area contributed by atoms with Crippen LogP contribution in [0, 0.1) is 6.92 Å². The van der Waals surface area contributed by atoms with Crippen LogP contribution in [0.25, 0.3) is 0 Å². The van der Waals surface area contributed by atoms with E-state index in [1.54, 1.807) is 14.0 Å². The zero-order chi connectivity index (χ0) is 16.3. The number of alkyl halides is 3. The summed E-state index contributed by atoms with van der Waals surface area (Å²) >= 11 is 0. The van der Waals surface area contributed by atoms with Crippen LogP contribution >= 0.6 is 0 Å². The second-order valence-electron chi connectivity index (χ2n) is 5.76. The Hall–Kier alpha value is -1.28. The molecular weight excluding hydrogens is 297 g/mol. The summed E-state index contributed by atoms with van der Waals surface area (Å²) in [5.41, 5.74) is 1.45. The first-order valence-electron chi connectivity index (χ1n) is 7.42. The van der Waals surface area contributed by atoms with Crippen LogP contribution < -0.4 is 10.1 Å². The molecule has 2 rings (SSSR count). The topological polar surface area (TPSA) is 42.3 Å². The molecule has 1 aliphatic heterocycles. The molecule has 0 saturated carbocycles. The second kappa shape index (κ2) is 6.87. The minimum absolute atomic E-state index is 0.210. The van der Waals surface area contributed by atoms with Gasteiger partial charge in [0, 0.05) is 26.2 Å². The summed E-state index contributed by atoms with van der Waals surface area (Å²) in [5, 5.41) is 7.46. The summed E-state index contributed by atoms with van der Waals surface area (Å²) in [7, 11) is 3.54. The predicted octanol–water partition coefficient (Wildman–Crippen LogP) is 1.85. The lowest BCUT2D eigenvalue weighted by Gasteiger charge is -2.32. The van der Waals surface area contributed by atoms with E-state index < -0.39 is 12.8 Å². The minimum atomic E-state index is -4.35. The molecule has 1 aromatic rings. The number of hydrogen-bond donors (Lipinski definition) is 1. The molecule has 1 unspecified atom stereocenters. The molecule has 0 spiro atoms. The van der Waals surface area contributed by atoms with Crippen LogP contribution in [-0.2, 0) is 13.6 Å². The van der Waals surface area contributed by atoms with E-state index in [2.05, 4.69) is 15.3 Å². The third kappa shape index (κ3) is 4.36. The smallest absolute Gasteiger partial charge is 0.422 e. The minimum Gasteiger partial charge on any atom is -0.468 e. The number of rotatable bonds is 5. The van der Waals surface area contributed by atoms with Gasteiger partial charge in [-0.05, 0) is 33.4 Å². The van der Waals surface area contributed by atoms with Gasteiger partial charge in [-0.1, -0.05) is 0 Å². The van der Waals surface area contributed by atoms with Gasteiger partial charge in [0.1, 0.15) is 0 Å². The molecule has 1 N–H and O–H groups in total. The van der Waals surface area contributed by atoms with Crippen molar-refractivity contribution in [3.8, 4) is 5.88 Å². The Morgan fingerprint density at radius 1 is 1.41 bits per heavy atom. The van der Waals surface area contributed by atoms with Gasteiger partial charge in [-0.25, -0.2) is 4.68 Å². The Bertz CT molecular complexity index is 501. The van der Waals surface area contributed by atoms with Crippen molar-refractivity contribution in [2.24, 2.45) is 7.05 Å². The van der Waals surface area contributed by atoms with Crippen LogP contribution in [0.2, 0.25) is 0 Å². The highest BCUT2D eigenvalue weighted by Gasteiger charge is 2.30. The summed E-state index contributed by atoms with van der Waals surface area (Å²) in [6.45, 7) is 2.88. The molecule has 0 radical (unpaired) electrons. The molecule has 22 heavy (non-hydrogen) atoms. The lowest BCUT2D eigenvalue weighted by Crippen LogP contribution is -2.44. The molecular formula is C14H23F3N4O. The molecule has 1 fully saturated rings. The van der Waals surface area contributed by atoms with Crippen molar-refractivity contribution in [1.82, 2.24) is 20.0 Å². The van der Waals surface area contributed by atoms with Gasteiger partial charge in [0.15, 0.2) is 6.61 Å². The van der Waals surface area contributed by atoms with Crippen molar-refractivity contribution in [3.63, 3.8) is 0 Å². The molecule has 0 amide bonds. The van der Waals surface area contributed by atoms with Crippen molar-refractivity contribution in [2.45, 2.75) is 38.5 Å². The Morgan fingerprint density at radius 3 is 2.77 bits per heavy atom. The van der Waals surface area contributed by atoms with Gasteiger partial charge in [-0.3, -0.25) is 4.90 Å². The highest BCUT2D eigenvalue weighted by Crippen LogP contribution is 2.26. The SMILES string of the molecule is CNC1CCCN(Cc2c(C)nn(C)c2OCC(F)(F)F)C1. The van der Waals surface area contributed by atoms with Gasteiger partial charge in [0.05, 0.1) is 11.3 Å². The first-order chi connectivity index (χ1) is 10.3. The molecule has 1 atom stereocenters. The van der Waals surface area contributed by atoms with E-state index in [0.717, 1.165) is 31.5 Å². The van der Waals surface area contributed by atoms with Gasteiger partial charge in [0.2, 0.25) is 5.88 Å². The maximum atomic E-state index is 12.4. The molecule has 0 bridgehead atoms. The van der Waals surface area contributed by atoms with Gasteiger partial charge >= 0.3 is 6.18 Å².